The Bertz CT molecular complexity index is 353. The Morgan fingerprint density at radius 3 is 2.80 bits per heavy atom. The minimum absolute atomic E-state index is 0.0449. The van der Waals surface area contributed by atoms with Crippen LogP contribution >= 0.6 is 0 Å². The zero-order chi connectivity index (χ0) is 11.3. The summed E-state index contributed by atoms with van der Waals surface area (Å²) in [4.78, 5) is 11.0. The molecule has 0 spiro atoms. The fourth-order valence-electron chi connectivity index (χ4n) is 1.02. The predicted octanol–water partition coefficient (Wildman–Crippen LogP) is 0.402. The number of ether oxygens (including phenoxy) is 2. The van der Waals surface area contributed by atoms with Crippen molar-refractivity contribution in [3.05, 3.63) is 18.2 Å². The van der Waals surface area contributed by atoms with Crippen LogP contribution in [-0.2, 0) is 4.79 Å². The number of carbonyl (C=O) groups is 1. The highest BCUT2D eigenvalue weighted by Gasteiger charge is 2.06. The van der Waals surface area contributed by atoms with Crippen molar-refractivity contribution in [3.63, 3.8) is 0 Å². The van der Waals surface area contributed by atoms with E-state index in [4.69, 9.17) is 15.2 Å². The van der Waals surface area contributed by atoms with Crippen molar-refractivity contribution in [1.29, 1.82) is 0 Å². The van der Waals surface area contributed by atoms with E-state index < -0.39 is 0 Å². The number of nitrogens with two attached hydrogens (primary N) is 1. The summed E-state index contributed by atoms with van der Waals surface area (Å²) in [5.74, 6) is 0.808. The van der Waals surface area contributed by atoms with Crippen LogP contribution in [0.15, 0.2) is 18.2 Å². The molecule has 1 aromatic carbocycles. The molecule has 0 unspecified atom stereocenters. The molecular weight excluding hydrogens is 196 g/mol. The van der Waals surface area contributed by atoms with E-state index in [2.05, 4.69) is 5.32 Å². The van der Waals surface area contributed by atoms with Crippen molar-refractivity contribution in [2.45, 2.75) is 0 Å². The first-order valence-corrected chi connectivity index (χ1v) is 4.44. The molecule has 0 saturated carbocycles. The highest BCUT2D eigenvalue weighted by atomic mass is 16.5. The summed E-state index contributed by atoms with van der Waals surface area (Å²) in [5.41, 5.74) is 6.15. The van der Waals surface area contributed by atoms with Gasteiger partial charge in [0.15, 0.2) is 18.1 Å². The molecule has 1 amide bonds. The van der Waals surface area contributed by atoms with E-state index in [0.29, 0.717) is 17.2 Å². The molecule has 0 heterocycles. The maximum absolute atomic E-state index is 11.0. The van der Waals surface area contributed by atoms with Crippen molar-refractivity contribution in [3.8, 4) is 11.5 Å². The Hall–Kier alpha value is -1.91. The van der Waals surface area contributed by atoms with Crippen LogP contribution in [0.5, 0.6) is 11.5 Å². The molecule has 0 aromatic heterocycles. The van der Waals surface area contributed by atoms with Gasteiger partial charge in [-0.3, -0.25) is 4.79 Å². The van der Waals surface area contributed by atoms with Gasteiger partial charge < -0.3 is 20.5 Å². The van der Waals surface area contributed by atoms with Gasteiger partial charge in [-0.05, 0) is 12.1 Å². The maximum atomic E-state index is 11.0. The molecule has 1 rings (SSSR count). The van der Waals surface area contributed by atoms with Crippen LogP contribution in [0, 0.1) is 0 Å². The lowest BCUT2D eigenvalue weighted by Gasteiger charge is -2.10. The largest absolute Gasteiger partial charge is 0.493 e. The molecule has 1 aromatic rings. The number of hydrogen-bond donors (Lipinski definition) is 2. The van der Waals surface area contributed by atoms with Crippen LogP contribution in [0.4, 0.5) is 5.69 Å². The van der Waals surface area contributed by atoms with E-state index in [1.54, 1.807) is 25.2 Å². The summed E-state index contributed by atoms with van der Waals surface area (Å²) in [5, 5.41) is 2.45. The summed E-state index contributed by atoms with van der Waals surface area (Å²) in [7, 11) is 3.06. The zero-order valence-corrected chi connectivity index (χ0v) is 8.74. The van der Waals surface area contributed by atoms with E-state index in [1.807, 2.05) is 0 Å². The van der Waals surface area contributed by atoms with Crippen molar-refractivity contribution in [2.75, 3.05) is 26.5 Å². The van der Waals surface area contributed by atoms with E-state index in [1.165, 1.54) is 7.11 Å². The molecule has 0 aliphatic rings. The zero-order valence-electron chi connectivity index (χ0n) is 8.74. The number of likely N-dealkylation sites (N-methyl/N-ethyl adjacent to an activating group) is 1. The van der Waals surface area contributed by atoms with Gasteiger partial charge in [0, 0.05) is 18.8 Å². The minimum Gasteiger partial charge on any atom is -0.493 e. The lowest BCUT2D eigenvalue weighted by atomic mass is 10.3. The highest BCUT2D eigenvalue weighted by molar-refractivity contribution is 5.77. The van der Waals surface area contributed by atoms with Gasteiger partial charge in [-0.2, -0.15) is 0 Å². The van der Waals surface area contributed by atoms with Gasteiger partial charge in [-0.1, -0.05) is 0 Å². The lowest BCUT2D eigenvalue weighted by Crippen LogP contribution is -2.24. The molecular formula is C10H14N2O3. The number of hydrogen-bond acceptors (Lipinski definition) is 4. The Morgan fingerprint density at radius 1 is 1.47 bits per heavy atom. The first-order chi connectivity index (χ1) is 7.17. The van der Waals surface area contributed by atoms with Gasteiger partial charge in [-0.15, -0.1) is 0 Å². The van der Waals surface area contributed by atoms with Crippen LogP contribution < -0.4 is 20.5 Å². The Labute approximate surface area is 88.2 Å². The second kappa shape index (κ2) is 5.09. The van der Waals surface area contributed by atoms with Crippen LogP contribution in [0.25, 0.3) is 0 Å². The minimum atomic E-state index is -0.200. The number of benzene rings is 1. The third kappa shape index (κ3) is 3.05. The third-order valence-electron chi connectivity index (χ3n) is 1.83. The smallest absolute Gasteiger partial charge is 0.257 e. The fraction of sp³-hybridized carbons (Fsp3) is 0.300. The number of nitrogens with one attached hydrogen (secondary N) is 1. The van der Waals surface area contributed by atoms with Gasteiger partial charge in [0.05, 0.1) is 7.11 Å². The Kier molecular flexibility index (Phi) is 3.79. The molecule has 0 aliphatic carbocycles. The average Bonchev–Trinajstić information content (AvgIpc) is 2.26. The SMILES string of the molecule is CNC(=O)COc1ccc(N)cc1OC. The molecule has 0 bridgehead atoms. The van der Waals surface area contributed by atoms with Gasteiger partial charge in [-0.25, -0.2) is 0 Å². The van der Waals surface area contributed by atoms with Crippen LogP contribution in [0.1, 0.15) is 0 Å². The number of nitrogen functional groups attached to an aromatic ring is 1. The monoisotopic (exact) mass is 210 g/mol. The molecule has 5 nitrogen and oxygen atoms in total. The van der Waals surface area contributed by atoms with Crippen molar-refractivity contribution < 1.29 is 14.3 Å². The third-order valence-corrected chi connectivity index (χ3v) is 1.83. The van der Waals surface area contributed by atoms with Crippen LogP contribution in [-0.4, -0.2) is 26.7 Å². The Balaban J connectivity index is 2.72. The molecule has 0 aliphatic heterocycles. The second-order valence-electron chi connectivity index (χ2n) is 2.87. The van der Waals surface area contributed by atoms with Gasteiger partial charge in [0.2, 0.25) is 0 Å². The summed E-state index contributed by atoms with van der Waals surface area (Å²) in [6, 6.07) is 4.98. The summed E-state index contributed by atoms with van der Waals surface area (Å²) in [6.45, 7) is -0.0449. The first kappa shape index (κ1) is 11.2. The van der Waals surface area contributed by atoms with Gasteiger partial charge in [0.1, 0.15) is 0 Å². The number of amides is 1. The second-order valence-corrected chi connectivity index (χ2v) is 2.87. The quantitative estimate of drug-likeness (QED) is 0.705. The first-order valence-electron chi connectivity index (χ1n) is 4.44. The van der Waals surface area contributed by atoms with E-state index in [-0.39, 0.29) is 12.5 Å². The molecule has 3 N–H and O–H groups in total. The molecule has 0 fully saturated rings. The molecule has 0 atom stereocenters. The van der Waals surface area contributed by atoms with Crippen molar-refractivity contribution in [1.82, 2.24) is 5.32 Å². The maximum Gasteiger partial charge on any atom is 0.257 e. The van der Waals surface area contributed by atoms with Crippen molar-refractivity contribution in [2.24, 2.45) is 0 Å². The van der Waals surface area contributed by atoms with E-state index in [0.717, 1.165) is 0 Å². The number of rotatable bonds is 4. The number of methoxy groups -OCH3 is 1. The van der Waals surface area contributed by atoms with Crippen LogP contribution in [0.3, 0.4) is 0 Å². The average molecular weight is 210 g/mol. The van der Waals surface area contributed by atoms with Crippen molar-refractivity contribution >= 4 is 11.6 Å². The Morgan fingerprint density at radius 2 is 2.20 bits per heavy atom. The molecule has 82 valence electrons. The molecule has 5 heteroatoms. The normalized spacial score (nSPS) is 9.47. The fourth-order valence-corrected chi connectivity index (χ4v) is 1.02. The van der Waals surface area contributed by atoms with Crippen LogP contribution in [0.2, 0.25) is 0 Å². The summed E-state index contributed by atoms with van der Waals surface area (Å²) < 4.78 is 10.3. The number of anilines is 1. The highest BCUT2D eigenvalue weighted by Crippen LogP contribution is 2.28. The summed E-state index contributed by atoms with van der Waals surface area (Å²) in [6.07, 6.45) is 0. The summed E-state index contributed by atoms with van der Waals surface area (Å²) >= 11 is 0. The standard InChI is InChI=1S/C10H14N2O3/c1-12-10(13)6-15-8-4-3-7(11)5-9(8)14-2/h3-5H,6,11H2,1-2H3,(H,12,13). The van der Waals surface area contributed by atoms with Gasteiger partial charge >= 0.3 is 0 Å². The topological polar surface area (TPSA) is 73.6 Å². The molecule has 0 saturated heterocycles. The molecule has 15 heavy (non-hydrogen) atoms. The number of carbonyl (C=O) groups excluding carboxylic acids is 1. The van der Waals surface area contributed by atoms with Gasteiger partial charge in [0.25, 0.3) is 5.91 Å². The predicted molar refractivity (Wildman–Crippen MR) is 57.0 cm³/mol. The molecule has 0 radical (unpaired) electrons. The lowest BCUT2D eigenvalue weighted by molar-refractivity contribution is -0.122. The van der Waals surface area contributed by atoms with E-state index >= 15 is 0 Å². The van der Waals surface area contributed by atoms with E-state index in [9.17, 15) is 4.79 Å².